The molecule has 0 aliphatic heterocycles. The first-order chi connectivity index (χ1) is 7.61. The second-order valence-corrected chi connectivity index (χ2v) is 3.34. The second kappa shape index (κ2) is 9.11. The third kappa shape index (κ3) is 7.19. The molecule has 1 atom stereocenters. The number of carboxylic acid groups (broad SMARTS) is 1. The molecular formula is C10H19NO5. The van der Waals surface area contributed by atoms with Crippen LogP contribution in [-0.4, -0.2) is 50.5 Å². The average Bonchev–Trinajstić information content (AvgIpc) is 2.24. The Kier molecular flexibility index (Phi) is 8.46. The van der Waals surface area contributed by atoms with Crippen LogP contribution < -0.4 is 5.32 Å². The van der Waals surface area contributed by atoms with E-state index < -0.39 is 12.0 Å². The quantitative estimate of drug-likeness (QED) is 0.548. The van der Waals surface area contributed by atoms with E-state index >= 15 is 0 Å². The fourth-order valence-electron chi connectivity index (χ4n) is 1.14. The summed E-state index contributed by atoms with van der Waals surface area (Å²) in [6.07, 6.45) is 1.12. The van der Waals surface area contributed by atoms with E-state index in [0.29, 0.717) is 19.6 Å². The summed E-state index contributed by atoms with van der Waals surface area (Å²) in [5.74, 6) is -1.32. The van der Waals surface area contributed by atoms with Crippen molar-refractivity contribution in [2.24, 2.45) is 0 Å². The van der Waals surface area contributed by atoms with Crippen molar-refractivity contribution >= 4 is 11.9 Å². The summed E-state index contributed by atoms with van der Waals surface area (Å²) in [6.45, 7) is 0.790. The van der Waals surface area contributed by atoms with E-state index in [1.807, 2.05) is 0 Å². The van der Waals surface area contributed by atoms with Crippen molar-refractivity contribution in [1.82, 2.24) is 5.32 Å². The Labute approximate surface area is 94.9 Å². The second-order valence-electron chi connectivity index (χ2n) is 3.34. The molecular weight excluding hydrogens is 214 g/mol. The maximum atomic E-state index is 11.3. The van der Waals surface area contributed by atoms with Crippen molar-refractivity contribution in [2.45, 2.75) is 25.3 Å². The predicted octanol–water partition coefficient (Wildman–Crippen LogP) is 0.0189. The van der Waals surface area contributed by atoms with Gasteiger partial charge in [0.15, 0.2) is 0 Å². The predicted molar refractivity (Wildman–Crippen MR) is 57.2 cm³/mol. The van der Waals surface area contributed by atoms with Crippen LogP contribution in [0.25, 0.3) is 0 Å². The Morgan fingerprint density at radius 2 is 1.88 bits per heavy atom. The Morgan fingerprint density at radius 3 is 2.38 bits per heavy atom. The minimum absolute atomic E-state index is 0.266. The standard InChI is InChI=1S/C10H19NO5/c1-15-6-3-4-9(12)11-8(10(13)14)5-7-16-2/h8H,3-7H2,1-2H3,(H,11,12)(H,13,14). The first kappa shape index (κ1) is 14.9. The van der Waals surface area contributed by atoms with Crippen molar-refractivity contribution in [2.75, 3.05) is 27.4 Å². The molecule has 0 saturated heterocycles. The van der Waals surface area contributed by atoms with E-state index in [9.17, 15) is 9.59 Å². The maximum absolute atomic E-state index is 11.3. The van der Waals surface area contributed by atoms with Crippen LogP contribution in [0.4, 0.5) is 0 Å². The van der Waals surface area contributed by atoms with Gasteiger partial charge in [0.05, 0.1) is 0 Å². The van der Waals surface area contributed by atoms with Crippen LogP contribution in [0.3, 0.4) is 0 Å². The number of hydrogen-bond donors (Lipinski definition) is 2. The smallest absolute Gasteiger partial charge is 0.326 e. The molecule has 6 nitrogen and oxygen atoms in total. The first-order valence-corrected chi connectivity index (χ1v) is 5.11. The molecule has 2 N–H and O–H groups in total. The SMILES string of the molecule is COCCCC(=O)NC(CCOC)C(=O)O. The summed E-state index contributed by atoms with van der Waals surface area (Å²) in [5.41, 5.74) is 0. The monoisotopic (exact) mass is 233 g/mol. The van der Waals surface area contributed by atoms with Crippen LogP contribution in [0.1, 0.15) is 19.3 Å². The zero-order valence-electron chi connectivity index (χ0n) is 9.69. The molecule has 0 bridgehead atoms. The lowest BCUT2D eigenvalue weighted by Gasteiger charge is -2.13. The van der Waals surface area contributed by atoms with Gasteiger partial charge in [-0.2, -0.15) is 0 Å². The summed E-state index contributed by atoms with van der Waals surface area (Å²) in [7, 11) is 3.04. The largest absolute Gasteiger partial charge is 0.480 e. The molecule has 1 amide bonds. The van der Waals surface area contributed by atoms with Gasteiger partial charge in [-0.25, -0.2) is 4.79 Å². The van der Waals surface area contributed by atoms with Crippen LogP contribution in [0.2, 0.25) is 0 Å². The highest BCUT2D eigenvalue weighted by molar-refractivity contribution is 5.83. The highest BCUT2D eigenvalue weighted by Crippen LogP contribution is 1.96. The normalized spacial score (nSPS) is 12.1. The summed E-state index contributed by atoms with van der Waals surface area (Å²) < 4.78 is 9.56. The highest BCUT2D eigenvalue weighted by atomic mass is 16.5. The van der Waals surface area contributed by atoms with Crippen molar-refractivity contribution in [3.8, 4) is 0 Å². The van der Waals surface area contributed by atoms with E-state index in [1.165, 1.54) is 7.11 Å². The molecule has 0 radical (unpaired) electrons. The van der Waals surface area contributed by atoms with Gasteiger partial charge < -0.3 is 19.9 Å². The lowest BCUT2D eigenvalue weighted by Crippen LogP contribution is -2.41. The van der Waals surface area contributed by atoms with Gasteiger partial charge >= 0.3 is 5.97 Å². The number of carboxylic acids is 1. The molecule has 0 aromatic rings. The molecule has 0 aromatic heterocycles. The van der Waals surface area contributed by atoms with Crippen molar-refractivity contribution < 1.29 is 24.2 Å². The minimum atomic E-state index is -1.04. The number of amides is 1. The lowest BCUT2D eigenvalue weighted by atomic mass is 10.2. The first-order valence-electron chi connectivity index (χ1n) is 5.11. The van der Waals surface area contributed by atoms with Crippen LogP contribution in [0, 0.1) is 0 Å². The summed E-state index contributed by atoms with van der Waals surface area (Å²) >= 11 is 0. The number of methoxy groups -OCH3 is 2. The van der Waals surface area contributed by atoms with E-state index in [1.54, 1.807) is 7.11 Å². The Hall–Kier alpha value is -1.14. The molecule has 0 rings (SSSR count). The number of rotatable bonds is 9. The molecule has 94 valence electrons. The minimum Gasteiger partial charge on any atom is -0.480 e. The van der Waals surface area contributed by atoms with Gasteiger partial charge in [0.25, 0.3) is 0 Å². The Balaban J connectivity index is 3.88. The van der Waals surface area contributed by atoms with Crippen LogP contribution in [0.15, 0.2) is 0 Å². The van der Waals surface area contributed by atoms with E-state index in [-0.39, 0.29) is 18.7 Å². The molecule has 0 aromatic carbocycles. The Bertz CT molecular complexity index is 219. The highest BCUT2D eigenvalue weighted by Gasteiger charge is 2.18. The number of ether oxygens (including phenoxy) is 2. The van der Waals surface area contributed by atoms with Gasteiger partial charge in [-0.1, -0.05) is 0 Å². The molecule has 16 heavy (non-hydrogen) atoms. The fraction of sp³-hybridized carbons (Fsp3) is 0.800. The van der Waals surface area contributed by atoms with Crippen LogP contribution >= 0.6 is 0 Å². The molecule has 0 heterocycles. The van der Waals surface area contributed by atoms with E-state index in [4.69, 9.17) is 14.6 Å². The zero-order valence-corrected chi connectivity index (χ0v) is 9.69. The summed E-state index contributed by atoms with van der Waals surface area (Å²) in [5, 5.41) is 11.3. The van der Waals surface area contributed by atoms with Gasteiger partial charge in [-0.15, -0.1) is 0 Å². The molecule has 0 aliphatic rings. The number of carbonyl (C=O) groups is 2. The molecule has 0 fully saturated rings. The summed E-state index contributed by atoms with van der Waals surface area (Å²) in [6, 6.07) is -0.880. The van der Waals surface area contributed by atoms with E-state index in [2.05, 4.69) is 5.32 Å². The van der Waals surface area contributed by atoms with Gasteiger partial charge in [-0.05, 0) is 6.42 Å². The van der Waals surface area contributed by atoms with Gasteiger partial charge in [-0.3, -0.25) is 4.79 Å². The van der Waals surface area contributed by atoms with E-state index in [0.717, 1.165) is 0 Å². The van der Waals surface area contributed by atoms with Crippen molar-refractivity contribution in [3.05, 3.63) is 0 Å². The van der Waals surface area contributed by atoms with Crippen molar-refractivity contribution in [3.63, 3.8) is 0 Å². The average molecular weight is 233 g/mol. The van der Waals surface area contributed by atoms with Crippen molar-refractivity contribution in [1.29, 1.82) is 0 Å². The number of carbonyl (C=O) groups excluding carboxylic acids is 1. The van der Waals surface area contributed by atoms with Gasteiger partial charge in [0, 0.05) is 40.3 Å². The third-order valence-electron chi connectivity index (χ3n) is 2.00. The van der Waals surface area contributed by atoms with Gasteiger partial charge in [0.2, 0.25) is 5.91 Å². The fourth-order valence-corrected chi connectivity index (χ4v) is 1.14. The number of hydrogen-bond acceptors (Lipinski definition) is 4. The molecule has 0 aliphatic carbocycles. The topological polar surface area (TPSA) is 84.9 Å². The van der Waals surface area contributed by atoms with Crippen LogP contribution in [-0.2, 0) is 19.1 Å². The lowest BCUT2D eigenvalue weighted by molar-refractivity contribution is -0.142. The molecule has 0 spiro atoms. The van der Waals surface area contributed by atoms with Gasteiger partial charge in [0.1, 0.15) is 6.04 Å². The number of aliphatic carboxylic acids is 1. The Morgan fingerprint density at radius 1 is 1.25 bits per heavy atom. The van der Waals surface area contributed by atoms with Crippen LogP contribution in [0.5, 0.6) is 0 Å². The molecule has 0 saturated carbocycles. The maximum Gasteiger partial charge on any atom is 0.326 e. The number of nitrogens with one attached hydrogen (secondary N) is 1. The molecule has 6 heteroatoms. The summed E-state index contributed by atoms with van der Waals surface area (Å²) in [4.78, 5) is 22.1. The zero-order chi connectivity index (χ0) is 12.4. The third-order valence-corrected chi connectivity index (χ3v) is 2.00. The molecule has 1 unspecified atom stereocenters.